The van der Waals surface area contributed by atoms with E-state index in [4.69, 9.17) is 0 Å². The molecule has 1 N–H and O–H groups in total. The monoisotopic (exact) mass is 452 g/mol. The van der Waals surface area contributed by atoms with E-state index in [-0.39, 0.29) is 42.7 Å². The minimum absolute atomic E-state index is 0. The summed E-state index contributed by atoms with van der Waals surface area (Å²) in [7, 11) is 0. The van der Waals surface area contributed by atoms with Crippen molar-refractivity contribution in [3.63, 3.8) is 0 Å². The molecule has 0 spiro atoms. The highest BCUT2D eigenvalue weighted by atomic mass is 35.5. The van der Waals surface area contributed by atoms with Crippen molar-refractivity contribution >= 4 is 28.2 Å². The molecule has 0 aliphatic heterocycles. The smallest absolute Gasteiger partial charge is 0.290 e. The first-order valence-corrected chi connectivity index (χ1v) is 9.34. The lowest BCUT2D eigenvalue weighted by molar-refractivity contribution is -0.684. The number of nitro groups is 1. The van der Waals surface area contributed by atoms with E-state index in [2.05, 4.69) is 15.6 Å². The molecule has 11 heteroatoms. The Kier molecular flexibility index (Phi) is 6.86. The van der Waals surface area contributed by atoms with Crippen LogP contribution in [0.1, 0.15) is 5.56 Å². The number of aromatic nitrogens is 4. The van der Waals surface area contributed by atoms with E-state index >= 15 is 0 Å². The quantitative estimate of drug-likeness (QED) is 0.220. The van der Waals surface area contributed by atoms with Crippen molar-refractivity contribution in [2.24, 2.45) is 0 Å². The van der Waals surface area contributed by atoms with Crippen LogP contribution in [-0.4, -0.2) is 25.8 Å². The number of amides is 1. The van der Waals surface area contributed by atoms with Gasteiger partial charge in [-0.25, -0.2) is 4.68 Å². The second-order valence-corrected chi connectivity index (χ2v) is 6.80. The summed E-state index contributed by atoms with van der Waals surface area (Å²) in [5, 5.41) is 21.9. The van der Waals surface area contributed by atoms with Crippen LogP contribution in [0.3, 0.4) is 0 Å². The van der Waals surface area contributed by atoms with E-state index in [1.54, 1.807) is 53.4 Å². The number of nitrogens with zero attached hydrogens (tertiary/aromatic N) is 5. The van der Waals surface area contributed by atoms with E-state index in [1.807, 2.05) is 0 Å². The molecule has 1 amide bonds. The number of benzene rings is 2. The fraction of sp³-hybridized carbons (Fsp3) is 0.0952. The van der Waals surface area contributed by atoms with E-state index in [0.29, 0.717) is 16.6 Å². The number of anilines is 1. The van der Waals surface area contributed by atoms with Crippen molar-refractivity contribution < 1.29 is 26.7 Å². The predicted octanol–water partition coefficient (Wildman–Crippen LogP) is -1.32. The number of halogens is 1. The van der Waals surface area contributed by atoms with Gasteiger partial charge in [0.25, 0.3) is 17.2 Å². The molecule has 0 unspecified atom stereocenters. The van der Waals surface area contributed by atoms with Gasteiger partial charge in [0, 0.05) is 30.0 Å². The van der Waals surface area contributed by atoms with Gasteiger partial charge in [0.1, 0.15) is 5.52 Å². The maximum Gasteiger partial charge on any atom is 0.290 e. The molecule has 4 rings (SSSR count). The number of pyridine rings is 1. The van der Waals surface area contributed by atoms with Gasteiger partial charge in [0.2, 0.25) is 6.54 Å². The molecular formula is C21H17ClN6O4. The molecule has 0 aliphatic rings. The van der Waals surface area contributed by atoms with Crippen LogP contribution in [0, 0.1) is 10.1 Å². The highest BCUT2D eigenvalue weighted by molar-refractivity contribution is 5.89. The molecule has 0 aliphatic carbocycles. The second kappa shape index (κ2) is 9.75. The number of hydrogen-bond donors (Lipinski definition) is 1. The summed E-state index contributed by atoms with van der Waals surface area (Å²) in [5.41, 5.74) is 1.59. The zero-order chi connectivity index (χ0) is 21.8. The molecule has 2 aromatic carbocycles. The van der Waals surface area contributed by atoms with Crippen LogP contribution in [-0.2, 0) is 17.9 Å². The number of carbonyl (C=O) groups excluding carboxylic acids is 1. The summed E-state index contributed by atoms with van der Waals surface area (Å²) in [6.45, 7) is 0.319. The highest BCUT2D eigenvalue weighted by Crippen LogP contribution is 2.15. The molecule has 10 nitrogen and oxygen atoms in total. The molecule has 4 aromatic rings. The van der Waals surface area contributed by atoms with Crippen LogP contribution < -0.4 is 27.9 Å². The Labute approximate surface area is 187 Å². The van der Waals surface area contributed by atoms with Crippen molar-refractivity contribution in [2.75, 3.05) is 5.32 Å². The number of rotatable bonds is 6. The standard InChI is InChI=1S/C21H16N6O4.ClH/c28-20(22-16-5-7-17(8-6-16)27(30)31)14-25-11-9-15(10-12-25)13-26-21(29)18-3-1-2-4-19(18)23-24-26;/h1-12H,13-14H2;1H. The minimum atomic E-state index is -0.499. The SMILES string of the molecule is O=C(C[n+]1ccc(Cn2nnc3ccccc3c2=O)cc1)Nc1ccc([N+](=O)[O-])cc1.[Cl-]. The van der Waals surface area contributed by atoms with Gasteiger partial charge in [-0.1, -0.05) is 17.3 Å². The first kappa shape index (κ1) is 22.5. The zero-order valence-electron chi connectivity index (χ0n) is 16.6. The average Bonchev–Trinajstić information content (AvgIpc) is 2.77. The van der Waals surface area contributed by atoms with E-state index in [9.17, 15) is 19.7 Å². The van der Waals surface area contributed by atoms with Crippen LogP contribution in [0.25, 0.3) is 10.9 Å². The number of fused-ring (bicyclic) bond motifs is 1. The average molecular weight is 453 g/mol. The predicted molar refractivity (Wildman–Crippen MR) is 111 cm³/mol. The van der Waals surface area contributed by atoms with Crippen molar-refractivity contribution in [1.82, 2.24) is 15.0 Å². The summed E-state index contributed by atoms with van der Waals surface area (Å²) in [6, 6.07) is 16.2. The van der Waals surface area contributed by atoms with E-state index in [0.717, 1.165) is 5.56 Å². The molecule has 0 bridgehead atoms. The summed E-state index contributed by atoms with van der Waals surface area (Å²) < 4.78 is 2.97. The summed E-state index contributed by atoms with van der Waals surface area (Å²) in [6.07, 6.45) is 3.45. The highest BCUT2D eigenvalue weighted by Gasteiger charge is 2.12. The molecule has 0 atom stereocenters. The topological polar surface area (TPSA) is 124 Å². The van der Waals surface area contributed by atoms with Crippen LogP contribution >= 0.6 is 0 Å². The fourth-order valence-electron chi connectivity index (χ4n) is 3.03. The minimum Gasteiger partial charge on any atom is -1.00 e. The Hall–Kier alpha value is -4.18. The summed E-state index contributed by atoms with van der Waals surface area (Å²) in [5.74, 6) is -0.275. The number of carbonyl (C=O) groups is 1. The van der Waals surface area contributed by atoms with Gasteiger partial charge in [0.15, 0.2) is 12.4 Å². The lowest BCUT2D eigenvalue weighted by atomic mass is 10.2. The lowest BCUT2D eigenvalue weighted by Gasteiger charge is -2.05. The van der Waals surface area contributed by atoms with Crippen molar-refractivity contribution in [3.8, 4) is 0 Å². The Morgan fingerprint density at radius 2 is 1.75 bits per heavy atom. The molecule has 32 heavy (non-hydrogen) atoms. The van der Waals surface area contributed by atoms with Crippen molar-refractivity contribution in [3.05, 3.63) is 99.1 Å². The maximum atomic E-state index is 12.5. The Morgan fingerprint density at radius 3 is 2.44 bits per heavy atom. The van der Waals surface area contributed by atoms with Gasteiger partial charge in [-0.05, 0) is 29.8 Å². The van der Waals surface area contributed by atoms with E-state index in [1.165, 1.54) is 28.9 Å². The Bertz CT molecular complexity index is 1320. The van der Waals surface area contributed by atoms with Crippen LogP contribution in [0.4, 0.5) is 11.4 Å². The summed E-state index contributed by atoms with van der Waals surface area (Å²) >= 11 is 0. The van der Waals surface area contributed by atoms with Gasteiger partial charge in [-0.15, -0.1) is 5.10 Å². The number of non-ortho nitro benzene ring substituents is 1. The third-order valence-corrected chi connectivity index (χ3v) is 4.61. The molecule has 0 fully saturated rings. The number of nitro benzene ring substituents is 1. The lowest BCUT2D eigenvalue weighted by Crippen LogP contribution is -3.00. The molecular weight excluding hydrogens is 436 g/mol. The number of hydrogen-bond acceptors (Lipinski definition) is 6. The molecule has 0 saturated carbocycles. The van der Waals surface area contributed by atoms with Crippen LogP contribution in [0.2, 0.25) is 0 Å². The molecule has 0 saturated heterocycles. The van der Waals surface area contributed by atoms with Gasteiger partial charge in [0.05, 0.1) is 16.9 Å². The zero-order valence-corrected chi connectivity index (χ0v) is 17.3. The Balaban J connectivity index is 0.00000289. The first-order chi connectivity index (χ1) is 15.0. The molecule has 2 heterocycles. The number of nitrogens with one attached hydrogen (secondary N) is 1. The Morgan fingerprint density at radius 1 is 1.06 bits per heavy atom. The first-order valence-electron chi connectivity index (χ1n) is 9.34. The third-order valence-electron chi connectivity index (χ3n) is 4.61. The van der Waals surface area contributed by atoms with Crippen LogP contribution in [0.5, 0.6) is 0 Å². The van der Waals surface area contributed by atoms with Crippen molar-refractivity contribution in [2.45, 2.75) is 13.1 Å². The van der Waals surface area contributed by atoms with Crippen LogP contribution in [0.15, 0.2) is 77.9 Å². The van der Waals surface area contributed by atoms with Gasteiger partial charge in [-0.2, -0.15) is 4.57 Å². The fourth-order valence-corrected chi connectivity index (χ4v) is 3.03. The molecule has 0 radical (unpaired) electrons. The van der Waals surface area contributed by atoms with Gasteiger partial charge in [-0.3, -0.25) is 19.7 Å². The van der Waals surface area contributed by atoms with E-state index < -0.39 is 4.92 Å². The maximum absolute atomic E-state index is 12.5. The summed E-state index contributed by atoms with van der Waals surface area (Å²) in [4.78, 5) is 34.9. The second-order valence-electron chi connectivity index (χ2n) is 6.80. The molecule has 2 aromatic heterocycles. The third kappa shape index (κ3) is 5.10. The largest absolute Gasteiger partial charge is 1.00 e. The van der Waals surface area contributed by atoms with Crippen molar-refractivity contribution in [1.29, 1.82) is 0 Å². The van der Waals surface area contributed by atoms with Gasteiger partial charge >= 0.3 is 0 Å². The van der Waals surface area contributed by atoms with Gasteiger partial charge < -0.3 is 17.7 Å². The normalized spacial score (nSPS) is 10.4. The molecule has 162 valence electrons.